The van der Waals surface area contributed by atoms with E-state index in [0.29, 0.717) is 27.1 Å². The standard InChI is InChI=1S/C26H24N2O2S/c1-3-21(18-12-6-4-7-13-18)28-26(29)23-20-16-10-11-17-22(20)27-24(25(23)31(2)30)19-14-8-5-9-15-19/h4-17,21H,3H2,1-2H3,(H,28,29)/t21?,31-/m0/s1. The van der Waals surface area contributed by atoms with E-state index in [-0.39, 0.29) is 11.9 Å². The van der Waals surface area contributed by atoms with E-state index in [2.05, 4.69) is 5.32 Å². The highest BCUT2D eigenvalue weighted by atomic mass is 32.2. The second-order valence-corrected chi connectivity index (χ2v) is 8.66. The molecule has 1 unspecified atom stereocenters. The largest absolute Gasteiger partial charge is 0.345 e. The summed E-state index contributed by atoms with van der Waals surface area (Å²) < 4.78 is 12.9. The highest BCUT2D eigenvalue weighted by Crippen LogP contribution is 2.33. The number of hydrogen-bond acceptors (Lipinski definition) is 3. The summed E-state index contributed by atoms with van der Waals surface area (Å²) in [6.07, 6.45) is 2.35. The molecular formula is C26H24N2O2S. The molecule has 0 aliphatic carbocycles. The number of amides is 1. The molecule has 1 N–H and O–H groups in total. The fourth-order valence-corrected chi connectivity index (χ4v) is 4.75. The van der Waals surface area contributed by atoms with Gasteiger partial charge in [0.25, 0.3) is 5.91 Å². The Morgan fingerprint density at radius 1 is 0.935 bits per heavy atom. The summed E-state index contributed by atoms with van der Waals surface area (Å²) in [5.41, 5.74) is 3.59. The number of aromatic nitrogens is 1. The third kappa shape index (κ3) is 4.28. The molecule has 4 aromatic rings. The fourth-order valence-electron chi connectivity index (χ4n) is 3.83. The van der Waals surface area contributed by atoms with Crippen LogP contribution in [0.3, 0.4) is 0 Å². The number of pyridine rings is 1. The average Bonchev–Trinajstić information content (AvgIpc) is 2.82. The van der Waals surface area contributed by atoms with E-state index in [1.54, 1.807) is 6.26 Å². The molecule has 3 aromatic carbocycles. The van der Waals surface area contributed by atoms with E-state index >= 15 is 0 Å². The van der Waals surface area contributed by atoms with Crippen molar-refractivity contribution < 1.29 is 9.00 Å². The Bertz CT molecular complexity index is 1240. The Morgan fingerprint density at radius 2 is 1.55 bits per heavy atom. The van der Waals surface area contributed by atoms with Crippen molar-refractivity contribution in [1.29, 1.82) is 0 Å². The molecule has 0 aliphatic rings. The summed E-state index contributed by atoms with van der Waals surface area (Å²) in [6.45, 7) is 2.04. The van der Waals surface area contributed by atoms with Crippen molar-refractivity contribution in [3.63, 3.8) is 0 Å². The first-order valence-corrected chi connectivity index (χ1v) is 11.8. The molecule has 156 valence electrons. The van der Waals surface area contributed by atoms with Crippen LogP contribution < -0.4 is 5.32 Å². The lowest BCUT2D eigenvalue weighted by Crippen LogP contribution is -2.29. The Balaban J connectivity index is 1.90. The van der Waals surface area contributed by atoms with E-state index in [4.69, 9.17) is 4.98 Å². The van der Waals surface area contributed by atoms with Gasteiger partial charge in [0, 0.05) is 17.2 Å². The summed E-state index contributed by atoms with van der Waals surface area (Å²) in [7, 11) is -1.41. The van der Waals surface area contributed by atoms with Crippen LogP contribution in [0.25, 0.3) is 22.2 Å². The lowest BCUT2D eigenvalue weighted by atomic mass is 10.0. The van der Waals surface area contributed by atoms with Crippen LogP contribution >= 0.6 is 0 Å². The molecule has 1 amide bonds. The van der Waals surface area contributed by atoms with Crippen LogP contribution in [-0.2, 0) is 10.8 Å². The first kappa shape index (κ1) is 20.9. The smallest absolute Gasteiger partial charge is 0.253 e. The van der Waals surface area contributed by atoms with Gasteiger partial charge in [-0.2, -0.15) is 0 Å². The maximum atomic E-state index is 13.6. The number of fused-ring (bicyclic) bond motifs is 1. The van der Waals surface area contributed by atoms with Crippen molar-refractivity contribution in [2.45, 2.75) is 24.3 Å². The molecule has 31 heavy (non-hydrogen) atoms. The Morgan fingerprint density at radius 3 is 2.19 bits per heavy atom. The average molecular weight is 429 g/mol. The molecule has 0 bridgehead atoms. The molecule has 4 nitrogen and oxygen atoms in total. The molecule has 0 radical (unpaired) electrons. The summed E-state index contributed by atoms with van der Waals surface area (Å²) in [5.74, 6) is -0.239. The zero-order valence-electron chi connectivity index (χ0n) is 17.5. The number of para-hydroxylation sites is 1. The molecule has 0 spiro atoms. The van der Waals surface area contributed by atoms with Crippen LogP contribution in [0, 0.1) is 0 Å². The van der Waals surface area contributed by atoms with Gasteiger partial charge in [0.1, 0.15) is 0 Å². The van der Waals surface area contributed by atoms with E-state index < -0.39 is 10.8 Å². The lowest BCUT2D eigenvalue weighted by Gasteiger charge is -2.20. The second-order valence-electron chi connectivity index (χ2n) is 7.35. The summed E-state index contributed by atoms with van der Waals surface area (Å²) in [6, 6.07) is 26.9. The van der Waals surface area contributed by atoms with Crippen molar-refractivity contribution in [3.8, 4) is 11.3 Å². The van der Waals surface area contributed by atoms with Gasteiger partial charge in [0.05, 0.1) is 38.5 Å². The summed E-state index contributed by atoms with van der Waals surface area (Å²) >= 11 is 0. The molecule has 0 fully saturated rings. The minimum absolute atomic E-state index is 0.140. The highest BCUT2D eigenvalue weighted by molar-refractivity contribution is 7.84. The van der Waals surface area contributed by atoms with E-state index in [1.165, 1.54) is 0 Å². The highest BCUT2D eigenvalue weighted by Gasteiger charge is 2.25. The zero-order chi connectivity index (χ0) is 21.8. The van der Waals surface area contributed by atoms with Crippen LogP contribution in [0.1, 0.15) is 35.3 Å². The van der Waals surface area contributed by atoms with Crippen molar-refractivity contribution in [2.75, 3.05) is 6.26 Å². The maximum absolute atomic E-state index is 13.6. The van der Waals surface area contributed by atoms with Crippen molar-refractivity contribution in [2.24, 2.45) is 0 Å². The topological polar surface area (TPSA) is 59.1 Å². The Hall–Kier alpha value is -3.31. The van der Waals surface area contributed by atoms with Gasteiger partial charge in [0.2, 0.25) is 0 Å². The Labute approximate surface area is 184 Å². The van der Waals surface area contributed by atoms with Crippen molar-refractivity contribution in [1.82, 2.24) is 10.3 Å². The van der Waals surface area contributed by atoms with E-state index in [0.717, 1.165) is 17.5 Å². The minimum atomic E-state index is -1.41. The Kier molecular flexibility index (Phi) is 6.23. The first-order chi connectivity index (χ1) is 15.1. The zero-order valence-corrected chi connectivity index (χ0v) is 18.4. The number of carbonyl (C=O) groups is 1. The van der Waals surface area contributed by atoms with Crippen LogP contribution in [0.5, 0.6) is 0 Å². The normalized spacial score (nSPS) is 13.0. The third-order valence-electron chi connectivity index (χ3n) is 5.33. The van der Waals surface area contributed by atoms with Gasteiger partial charge in [-0.1, -0.05) is 85.8 Å². The van der Waals surface area contributed by atoms with E-state index in [1.807, 2.05) is 91.9 Å². The quantitative estimate of drug-likeness (QED) is 0.440. The van der Waals surface area contributed by atoms with Gasteiger partial charge in [-0.15, -0.1) is 0 Å². The number of rotatable bonds is 6. The third-order valence-corrected chi connectivity index (χ3v) is 6.30. The van der Waals surface area contributed by atoms with Gasteiger partial charge >= 0.3 is 0 Å². The SMILES string of the molecule is CCC(NC(=O)c1c([S@](C)=O)c(-c2ccccc2)nc2ccccc12)c1ccccc1. The van der Waals surface area contributed by atoms with Gasteiger partial charge in [-0.05, 0) is 18.1 Å². The van der Waals surface area contributed by atoms with Crippen LogP contribution in [0.15, 0.2) is 89.8 Å². The van der Waals surface area contributed by atoms with Crippen molar-refractivity contribution >= 4 is 27.6 Å². The predicted octanol–water partition coefficient (Wildman–Crippen LogP) is 5.52. The predicted molar refractivity (Wildman–Crippen MR) is 126 cm³/mol. The van der Waals surface area contributed by atoms with E-state index in [9.17, 15) is 9.00 Å². The fraction of sp³-hybridized carbons (Fsp3) is 0.154. The summed E-state index contributed by atoms with van der Waals surface area (Å²) in [5, 5.41) is 3.87. The van der Waals surface area contributed by atoms with Gasteiger partial charge in [-0.25, -0.2) is 4.98 Å². The molecule has 2 atom stereocenters. The lowest BCUT2D eigenvalue weighted by molar-refractivity contribution is 0.0934. The van der Waals surface area contributed by atoms with Crippen LogP contribution in [0.4, 0.5) is 0 Å². The second kappa shape index (κ2) is 9.23. The van der Waals surface area contributed by atoms with Crippen LogP contribution in [0.2, 0.25) is 0 Å². The maximum Gasteiger partial charge on any atom is 0.253 e. The van der Waals surface area contributed by atoms with Gasteiger partial charge < -0.3 is 5.32 Å². The van der Waals surface area contributed by atoms with Gasteiger partial charge in [0.15, 0.2) is 0 Å². The molecule has 5 heteroatoms. The molecule has 0 aliphatic heterocycles. The summed E-state index contributed by atoms with van der Waals surface area (Å²) in [4.78, 5) is 18.9. The van der Waals surface area contributed by atoms with Crippen molar-refractivity contribution in [3.05, 3.63) is 96.1 Å². The molecule has 1 heterocycles. The molecule has 0 saturated heterocycles. The molecule has 1 aromatic heterocycles. The number of benzene rings is 3. The minimum Gasteiger partial charge on any atom is -0.345 e. The monoisotopic (exact) mass is 428 g/mol. The van der Waals surface area contributed by atoms with Crippen LogP contribution in [-0.4, -0.2) is 21.4 Å². The number of nitrogens with one attached hydrogen (secondary N) is 1. The first-order valence-electron chi connectivity index (χ1n) is 10.3. The molecule has 0 saturated carbocycles. The number of nitrogens with zero attached hydrogens (tertiary/aromatic N) is 1. The number of carbonyl (C=O) groups excluding carboxylic acids is 1. The van der Waals surface area contributed by atoms with Gasteiger partial charge in [-0.3, -0.25) is 9.00 Å². The molecular weight excluding hydrogens is 404 g/mol. The number of hydrogen-bond donors (Lipinski definition) is 1. The molecule has 4 rings (SSSR count).